The number of nitrogens with zero attached hydrogens (tertiary/aromatic N) is 2. The molecule has 0 unspecified atom stereocenters. The fraction of sp³-hybridized carbons (Fsp3) is 0.333. The topological polar surface area (TPSA) is 25.8 Å². The number of aromatic nitrogens is 2. The van der Waals surface area contributed by atoms with Gasteiger partial charge in [0, 0.05) is 17.0 Å². The number of fused-ring (bicyclic) bond motifs is 4. The lowest BCUT2D eigenvalue weighted by Crippen LogP contribution is -2.51. The van der Waals surface area contributed by atoms with Crippen molar-refractivity contribution in [3.8, 4) is 11.4 Å². The summed E-state index contributed by atoms with van der Waals surface area (Å²) in [6, 6.07) is 24.3. The molecule has 158 valence electrons. The number of hydrogen-bond acceptors (Lipinski definition) is 2. The monoisotopic (exact) mass is 416 g/mol. The van der Waals surface area contributed by atoms with Gasteiger partial charge in [0.25, 0.3) is 0 Å². The summed E-state index contributed by atoms with van der Waals surface area (Å²) < 4.78 is 0. The summed E-state index contributed by atoms with van der Waals surface area (Å²) in [5, 5.41) is 1.23. The van der Waals surface area contributed by atoms with E-state index in [1.807, 2.05) is 0 Å². The minimum atomic E-state index is 0.364. The minimum Gasteiger partial charge on any atom is -0.250 e. The first-order valence-electron chi connectivity index (χ1n) is 12.1. The van der Waals surface area contributed by atoms with Crippen LogP contribution in [0.15, 0.2) is 66.7 Å². The van der Waals surface area contributed by atoms with Crippen molar-refractivity contribution < 1.29 is 0 Å². The van der Waals surface area contributed by atoms with E-state index < -0.39 is 0 Å². The highest BCUT2D eigenvalue weighted by Crippen LogP contribution is 2.67. The van der Waals surface area contributed by atoms with Crippen LogP contribution in [0.4, 0.5) is 0 Å². The third-order valence-electron chi connectivity index (χ3n) is 8.71. The fourth-order valence-corrected chi connectivity index (χ4v) is 6.85. The molecule has 2 aromatic carbocycles. The van der Waals surface area contributed by atoms with Crippen LogP contribution in [-0.2, 0) is 19.3 Å². The lowest BCUT2D eigenvalue weighted by Gasteiger charge is -2.60. The van der Waals surface area contributed by atoms with Gasteiger partial charge in [-0.2, -0.15) is 0 Å². The van der Waals surface area contributed by atoms with Gasteiger partial charge in [-0.15, -0.1) is 0 Å². The largest absolute Gasteiger partial charge is 0.250 e. The molecule has 8 rings (SSSR count). The van der Waals surface area contributed by atoms with Gasteiger partial charge in [0.2, 0.25) is 0 Å². The van der Waals surface area contributed by atoms with Crippen molar-refractivity contribution in [2.24, 2.45) is 11.3 Å². The van der Waals surface area contributed by atoms with Crippen LogP contribution < -0.4 is 0 Å². The Hall–Kier alpha value is -3.00. The maximum atomic E-state index is 5.46. The van der Waals surface area contributed by atoms with Gasteiger partial charge in [0.05, 0.1) is 16.9 Å². The second-order valence-electron chi connectivity index (χ2n) is 10.7. The Labute approximate surface area is 189 Å². The molecule has 2 nitrogen and oxygen atoms in total. The lowest BCUT2D eigenvalue weighted by atomic mass is 9.44. The van der Waals surface area contributed by atoms with Gasteiger partial charge < -0.3 is 0 Å². The van der Waals surface area contributed by atoms with E-state index in [4.69, 9.17) is 9.97 Å². The Morgan fingerprint density at radius 2 is 1.56 bits per heavy atom. The highest BCUT2D eigenvalue weighted by molar-refractivity contribution is 5.84. The summed E-state index contributed by atoms with van der Waals surface area (Å²) in [4.78, 5) is 10.6. The van der Waals surface area contributed by atoms with Crippen molar-refractivity contribution in [2.45, 2.75) is 51.4 Å². The number of aryl methyl sites for hydroxylation is 2. The molecule has 32 heavy (non-hydrogen) atoms. The molecule has 0 aliphatic heterocycles. The minimum absolute atomic E-state index is 0.364. The Bertz CT molecular complexity index is 1370. The molecular weight excluding hydrogens is 388 g/mol. The van der Waals surface area contributed by atoms with E-state index in [1.54, 1.807) is 0 Å². The van der Waals surface area contributed by atoms with Gasteiger partial charge in [-0.25, -0.2) is 4.98 Å². The van der Waals surface area contributed by atoms with Gasteiger partial charge >= 0.3 is 0 Å². The molecule has 4 aromatic rings. The molecule has 0 saturated heterocycles. The Kier molecular flexibility index (Phi) is 3.78. The molecule has 1 saturated carbocycles. The Morgan fingerprint density at radius 1 is 0.844 bits per heavy atom. The highest BCUT2D eigenvalue weighted by atomic mass is 14.8. The smallest absolute Gasteiger partial charge is 0.0928 e. The van der Waals surface area contributed by atoms with Crippen molar-refractivity contribution in [3.63, 3.8) is 0 Å². The summed E-state index contributed by atoms with van der Waals surface area (Å²) in [6.07, 6.45) is 4.53. The van der Waals surface area contributed by atoms with Crippen LogP contribution in [-0.4, -0.2) is 9.97 Å². The molecule has 2 heteroatoms. The molecule has 0 radical (unpaired) electrons. The second-order valence-corrected chi connectivity index (χ2v) is 10.7. The van der Waals surface area contributed by atoms with E-state index in [9.17, 15) is 0 Å². The van der Waals surface area contributed by atoms with Gasteiger partial charge in [-0.05, 0) is 77.3 Å². The molecule has 0 spiro atoms. The first-order chi connectivity index (χ1) is 15.6. The summed E-state index contributed by atoms with van der Waals surface area (Å²) in [5.41, 5.74) is 10.8. The molecule has 2 heterocycles. The molecule has 4 aliphatic carbocycles. The SMILES string of the molecule is CC1(C)[C@@H]2C[C@H]1[C@@H](Cc1ccccc1)c1nc3c(cc12)CCc1cc2ccccc2nc1-3. The van der Waals surface area contributed by atoms with Crippen molar-refractivity contribution in [2.75, 3.05) is 0 Å². The average Bonchev–Trinajstić information content (AvgIpc) is 2.82. The van der Waals surface area contributed by atoms with E-state index in [-0.39, 0.29) is 0 Å². The zero-order chi connectivity index (χ0) is 21.4. The number of benzene rings is 2. The van der Waals surface area contributed by atoms with Crippen LogP contribution in [0.25, 0.3) is 22.3 Å². The predicted molar refractivity (Wildman–Crippen MR) is 130 cm³/mol. The van der Waals surface area contributed by atoms with Gasteiger partial charge in [-0.3, -0.25) is 4.98 Å². The Balaban J connectivity index is 1.40. The van der Waals surface area contributed by atoms with E-state index in [2.05, 4.69) is 80.6 Å². The molecule has 1 fully saturated rings. The first kappa shape index (κ1) is 18.6. The zero-order valence-electron chi connectivity index (χ0n) is 18.8. The van der Waals surface area contributed by atoms with Crippen LogP contribution in [0, 0.1) is 11.3 Å². The van der Waals surface area contributed by atoms with Crippen LogP contribution in [0.5, 0.6) is 0 Å². The molecule has 3 atom stereocenters. The molecule has 0 N–H and O–H groups in total. The molecule has 2 bridgehead atoms. The van der Waals surface area contributed by atoms with Gasteiger partial charge in [0.1, 0.15) is 0 Å². The average molecular weight is 417 g/mol. The van der Waals surface area contributed by atoms with Crippen molar-refractivity contribution in [1.29, 1.82) is 0 Å². The molecule has 0 amide bonds. The third-order valence-corrected chi connectivity index (χ3v) is 8.71. The maximum Gasteiger partial charge on any atom is 0.0928 e. The van der Waals surface area contributed by atoms with Gasteiger partial charge in [0.15, 0.2) is 0 Å². The normalized spacial score (nSPS) is 24.2. The van der Waals surface area contributed by atoms with Crippen LogP contribution in [0.3, 0.4) is 0 Å². The van der Waals surface area contributed by atoms with E-state index in [0.717, 1.165) is 36.2 Å². The van der Waals surface area contributed by atoms with Crippen LogP contribution >= 0.6 is 0 Å². The maximum absolute atomic E-state index is 5.46. The number of hydrogen-bond donors (Lipinski definition) is 0. The summed E-state index contributed by atoms with van der Waals surface area (Å²) in [7, 11) is 0. The van der Waals surface area contributed by atoms with E-state index in [1.165, 1.54) is 39.8 Å². The van der Waals surface area contributed by atoms with E-state index >= 15 is 0 Å². The number of pyridine rings is 2. The number of rotatable bonds is 2. The number of para-hydroxylation sites is 1. The summed E-state index contributed by atoms with van der Waals surface area (Å²) >= 11 is 0. The quantitative estimate of drug-likeness (QED) is 0.356. The third kappa shape index (κ3) is 2.53. The van der Waals surface area contributed by atoms with Crippen molar-refractivity contribution in [1.82, 2.24) is 9.97 Å². The zero-order valence-corrected chi connectivity index (χ0v) is 18.8. The molecule has 2 aromatic heterocycles. The standard InChI is InChI=1S/C30H28N2/c1-30(2)24-17-25(30)23-16-21-13-12-20-15-19-10-6-7-11-26(19)31-27(20)28(21)32-29(23)22(24)14-18-8-4-3-5-9-18/h3-11,15-16,22,24-25H,12-14,17H2,1-2H3/t22-,24+,25-/m1/s1. The van der Waals surface area contributed by atoms with Crippen molar-refractivity contribution >= 4 is 10.9 Å². The van der Waals surface area contributed by atoms with Crippen molar-refractivity contribution in [3.05, 3.63) is 94.7 Å². The lowest BCUT2D eigenvalue weighted by molar-refractivity contribution is -0.00753. The Morgan fingerprint density at radius 3 is 2.38 bits per heavy atom. The van der Waals surface area contributed by atoms with Gasteiger partial charge in [-0.1, -0.05) is 68.4 Å². The van der Waals surface area contributed by atoms with Crippen LogP contribution in [0.1, 0.15) is 60.1 Å². The second kappa shape index (κ2) is 6.51. The van der Waals surface area contributed by atoms with Crippen LogP contribution in [0.2, 0.25) is 0 Å². The predicted octanol–water partition coefficient (Wildman–Crippen LogP) is 6.87. The summed E-state index contributed by atoms with van der Waals surface area (Å²) in [5.74, 6) is 1.85. The molecular formula is C30H28N2. The first-order valence-corrected chi connectivity index (χ1v) is 12.1. The summed E-state index contributed by atoms with van der Waals surface area (Å²) in [6.45, 7) is 4.96. The van der Waals surface area contributed by atoms with E-state index in [0.29, 0.717) is 23.2 Å². The molecule has 4 aliphatic rings. The fourth-order valence-electron chi connectivity index (χ4n) is 6.85. The highest BCUT2D eigenvalue weighted by Gasteiger charge is 2.57.